The number of amides is 1. The van der Waals surface area contributed by atoms with Crippen LogP contribution in [0.15, 0.2) is 47.3 Å². The van der Waals surface area contributed by atoms with Crippen molar-refractivity contribution in [3.05, 3.63) is 69.0 Å². The maximum absolute atomic E-state index is 12.7. The van der Waals surface area contributed by atoms with Crippen LogP contribution in [-0.2, 0) is 24.3 Å². The van der Waals surface area contributed by atoms with E-state index in [0.29, 0.717) is 24.9 Å². The number of thiophene rings is 1. The Morgan fingerprint density at radius 2 is 2.17 bits per heavy atom. The van der Waals surface area contributed by atoms with E-state index in [0.717, 1.165) is 38.6 Å². The first kappa shape index (κ1) is 20.2. The van der Waals surface area contributed by atoms with Crippen LogP contribution in [-0.4, -0.2) is 26.8 Å². The molecule has 1 aliphatic heterocycles. The minimum absolute atomic E-state index is 0.0357. The molecule has 4 rings (SSSR count). The van der Waals surface area contributed by atoms with Gasteiger partial charge in [0.25, 0.3) is 0 Å². The maximum atomic E-state index is 12.7. The van der Waals surface area contributed by atoms with Crippen LogP contribution in [0.2, 0.25) is 0 Å². The number of aryl methyl sites for hydroxylation is 2. The highest BCUT2D eigenvalue weighted by Gasteiger charge is 2.18. The van der Waals surface area contributed by atoms with Crippen LogP contribution < -0.4 is 16.7 Å². The van der Waals surface area contributed by atoms with Gasteiger partial charge in [-0.15, -0.1) is 11.3 Å². The van der Waals surface area contributed by atoms with Crippen molar-refractivity contribution >= 4 is 22.9 Å². The first-order chi connectivity index (χ1) is 14.5. The van der Waals surface area contributed by atoms with Crippen molar-refractivity contribution in [1.29, 1.82) is 0 Å². The van der Waals surface area contributed by atoms with E-state index in [9.17, 15) is 14.0 Å². The van der Waals surface area contributed by atoms with Gasteiger partial charge in [0.2, 0.25) is 5.91 Å². The minimum atomic E-state index is -0.307. The van der Waals surface area contributed by atoms with Gasteiger partial charge in [-0.3, -0.25) is 9.36 Å². The average molecular weight is 428 g/mol. The standard InChI is InChI=1S/C21H22FN5O2S/c1-13-6-16(7-15-2-5-19(28)25-20(13)15)18-4-3-17(30-18)11-26-12-24-27(21(26)29)10-14(8-22)9-23/h3-4,6-8,12H,2,5,9-11,23H2,1H3,(H,25,28)/b14-8-. The number of nitrogens with one attached hydrogen (secondary N) is 1. The Balaban J connectivity index is 1.55. The lowest BCUT2D eigenvalue weighted by Gasteiger charge is -2.20. The van der Waals surface area contributed by atoms with Crippen LogP contribution in [0.4, 0.5) is 10.1 Å². The molecule has 7 nitrogen and oxygen atoms in total. The molecule has 0 spiro atoms. The van der Waals surface area contributed by atoms with Crippen molar-refractivity contribution < 1.29 is 9.18 Å². The van der Waals surface area contributed by atoms with Crippen molar-refractivity contribution in [3.8, 4) is 10.4 Å². The Morgan fingerprint density at radius 1 is 1.33 bits per heavy atom. The number of nitrogens with zero attached hydrogens (tertiary/aromatic N) is 3. The fourth-order valence-electron chi connectivity index (χ4n) is 3.54. The molecule has 0 saturated carbocycles. The Labute approximate surface area is 176 Å². The molecule has 3 N–H and O–H groups in total. The molecule has 0 unspecified atom stereocenters. The molecule has 1 aliphatic rings. The number of carbonyl (C=O) groups is 1. The van der Waals surface area contributed by atoms with Gasteiger partial charge in [0.15, 0.2) is 0 Å². The highest BCUT2D eigenvalue weighted by atomic mass is 32.1. The molecule has 0 radical (unpaired) electrons. The number of carbonyl (C=O) groups excluding carboxylic acids is 1. The summed E-state index contributed by atoms with van der Waals surface area (Å²) in [6.45, 7) is 2.46. The van der Waals surface area contributed by atoms with Crippen LogP contribution in [0.25, 0.3) is 10.4 Å². The van der Waals surface area contributed by atoms with Gasteiger partial charge < -0.3 is 11.1 Å². The summed E-state index contributed by atoms with van der Waals surface area (Å²) in [5, 5.41) is 7.01. The molecule has 0 fully saturated rings. The van der Waals surface area contributed by atoms with Gasteiger partial charge >= 0.3 is 5.69 Å². The van der Waals surface area contributed by atoms with Crippen LogP contribution in [0.3, 0.4) is 0 Å². The second-order valence-corrected chi connectivity index (χ2v) is 8.48. The van der Waals surface area contributed by atoms with Crippen LogP contribution in [0.5, 0.6) is 0 Å². The van der Waals surface area contributed by atoms with Gasteiger partial charge in [-0.1, -0.05) is 0 Å². The second-order valence-electron chi connectivity index (χ2n) is 7.31. The van der Waals surface area contributed by atoms with E-state index in [1.54, 1.807) is 11.3 Å². The van der Waals surface area contributed by atoms with Crippen LogP contribution in [0.1, 0.15) is 22.4 Å². The maximum Gasteiger partial charge on any atom is 0.346 e. The van der Waals surface area contributed by atoms with E-state index in [1.807, 2.05) is 19.1 Å². The molecule has 1 aromatic carbocycles. The molecule has 2 aromatic heterocycles. The number of anilines is 1. The summed E-state index contributed by atoms with van der Waals surface area (Å²) in [5.41, 5.74) is 9.66. The smallest absolute Gasteiger partial charge is 0.327 e. The van der Waals surface area contributed by atoms with E-state index in [-0.39, 0.29) is 24.7 Å². The van der Waals surface area contributed by atoms with Crippen LogP contribution >= 0.6 is 11.3 Å². The molecule has 3 heterocycles. The van der Waals surface area contributed by atoms with Crippen molar-refractivity contribution in [2.75, 3.05) is 11.9 Å². The van der Waals surface area contributed by atoms with Gasteiger partial charge in [-0.25, -0.2) is 13.9 Å². The Kier molecular flexibility index (Phi) is 5.65. The molecule has 0 bridgehead atoms. The van der Waals surface area contributed by atoms with Gasteiger partial charge in [0.05, 0.1) is 19.4 Å². The lowest BCUT2D eigenvalue weighted by atomic mass is 9.96. The third-order valence-corrected chi connectivity index (χ3v) is 6.26. The summed E-state index contributed by atoms with van der Waals surface area (Å²) in [5.74, 6) is 0.0586. The number of fused-ring (bicyclic) bond motifs is 1. The van der Waals surface area contributed by atoms with Crippen molar-refractivity contribution in [1.82, 2.24) is 14.3 Å². The summed E-state index contributed by atoms with van der Waals surface area (Å²) in [4.78, 5) is 26.3. The monoisotopic (exact) mass is 427 g/mol. The Bertz CT molecular complexity index is 1190. The number of halogens is 1. The molecule has 9 heteroatoms. The molecular formula is C21H22FN5O2S. The van der Waals surface area contributed by atoms with Gasteiger partial charge in [0, 0.05) is 28.4 Å². The lowest BCUT2D eigenvalue weighted by molar-refractivity contribution is -0.116. The minimum Gasteiger partial charge on any atom is -0.327 e. The molecule has 0 aliphatic carbocycles. The van der Waals surface area contributed by atoms with E-state index < -0.39 is 0 Å². The SMILES string of the molecule is Cc1cc(-c2ccc(Cn3cnn(C/C(=C\F)CN)c3=O)s2)cc2c1NC(=O)CC2. The molecule has 3 aromatic rings. The summed E-state index contributed by atoms with van der Waals surface area (Å²) in [7, 11) is 0. The van der Waals surface area contributed by atoms with Gasteiger partial charge in [-0.2, -0.15) is 5.10 Å². The third-order valence-electron chi connectivity index (χ3n) is 5.14. The lowest BCUT2D eigenvalue weighted by Crippen LogP contribution is -2.26. The predicted molar refractivity (Wildman–Crippen MR) is 115 cm³/mol. The Morgan fingerprint density at radius 3 is 2.93 bits per heavy atom. The van der Waals surface area contributed by atoms with Crippen molar-refractivity contribution in [2.45, 2.75) is 32.9 Å². The summed E-state index contributed by atoms with van der Waals surface area (Å²) in [6.07, 6.45) is 3.12. The predicted octanol–water partition coefficient (Wildman–Crippen LogP) is 2.83. The number of hydrogen-bond acceptors (Lipinski definition) is 5. The normalized spacial score (nSPS) is 14.0. The number of benzene rings is 1. The zero-order chi connectivity index (χ0) is 21.3. The number of aromatic nitrogens is 3. The first-order valence-electron chi connectivity index (χ1n) is 9.61. The van der Waals surface area contributed by atoms with Crippen molar-refractivity contribution in [2.24, 2.45) is 5.73 Å². The average Bonchev–Trinajstić information content (AvgIpc) is 3.34. The molecule has 0 saturated heterocycles. The first-order valence-corrected chi connectivity index (χ1v) is 10.4. The number of hydrogen-bond donors (Lipinski definition) is 2. The van der Waals surface area contributed by atoms with E-state index in [2.05, 4.69) is 22.5 Å². The zero-order valence-electron chi connectivity index (χ0n) is 16.5. The third kappa shape index (κ3) is 3.99. The summed E-state index contributed by atoms with van der Waals surface area (Å²) in [6, 6.07) is 8.23. The number of nitrogens with two attached hydrogens (primary N) is 1. The van der Waals surface area contributed by atoms with E-state index in [1.165, 1.54) is 15.6 Å². The molecule has 30 heavy (non-hydrogen) atoms. The molecule has 1 amide bonds. The highest BCUT2D eigenvalue weighted by Crippen LogP contribution is 2.35. The quantitative estimate of drug-likeness (QED) is 0.632. The van der Waals surface area contributed by atoms with Crippen molar-refractivity contribution in [3.63, 3.8) is 0 Å². The van der Waals surface area contributed by atoms with E-state index >= 15 is 0 Å². The zero-order valence-corrected chi connectivity index (χ0v) is 17.3. The van der Waals surface area contributed by atoms with Gasteiger partial charge in [-0.05, 0) is 59.9 Å². The van der Waals surface area contributed by atoms with E-state index in [4.69, 9.17) is 5.73 Å². The Hall–Kier alpha value is -3.04. The summed E-state index contributed by atoms with van der Waals surface area (Å²) >= 11 is 1.61. The molecule has 0 atom stereocenters. The fraction of sp³-hybridized carbons (Fsp3) is 0.286. The largest absolute Gasteiger partial charge is 0.346 e. The van der Waals surface area contributed by atoms with Gasteiger partial charge in [0.1, 0.15) is 6.33 Å². The molecule has 156 valence electrons. The number of rotatable bonds is 6. The topological polar surface area (TPSA) is 94.9 Å². The van der Waals surface area contributed by atoms with Crippen LogP contribution in [0, 0.1) is 6.92 Å². The molecular weight excluding hydrogens is 405 g/mol. The fourth-order valence-corrected chi connectivity index (χ4v) is 4.53. The summed E-state index contributed by atoms with van der Waals surface area (Å²) < 4.78 is 15.4. The highest BCUT2D eigenvalue weighted by molar-refractivity contribution is 7.15. The second kappa shape index (κ2) is 8.37.